The highest BCUT2D eigenvalue weighted by Crippen LogP contribution is 2.17. The number of rotatable bonds is 8. The molecule has 0 aromatic carbocycles. The molecular formula is C15H21BN2O3. The molecule has 21 heavy (non-hydrogen) atoms. The van der Waals surface area contributed by atoms with Gasteiger partial charge in [-0.15, -0.1) is 5.47 Å². The zero-order valence-electron chi connectivity index (χ0n) is 12.6. The van der Waals surface area contributed by atoms with Gasteiger partial charge in [-0.25, -0.2) is 0 Å². The van der Waals surface area contributed by atoms with Gasteiger partial charge < -0.3 is 9.64 Å². The Balaban J connectivity index is 2.59. The van der Waals surface area contributed by atoms with Crippen molar-refractivity contribution in [3.05, 3.63) is 57.9 Å². The highest BCUT2D eigenvalue weighted by atomic mass is 16.6. The maximum Gasteiger partial charge on any atom is 0.243 e. The van der Waals surface area contributed by atoms with E-state index in [1.165, 1.54) is 0 Å². The van der Waals surface area contributed by atoms with Crippen LogP contribution in [0.15, 0.2) is 47.8 Å². The van der Waals surface area contributed by atoms with Crippen molar-refractivity contribution in [2.75, 3.05) is 20.1 Å². The van der Waals surface area contributed by atoms with Crippen molar-refractivity contribution in [2.45, 2.75) is 25.9 Å². The molecule has 1 atom stereocenters. The van der Waals surface area contributed by atoms with E-state index in [-0.39, 0.29) is 17.6 Å². The predicted molar refractivity (Wildman–Crippen MR) is 84.5 cm³/mol. The smallest absolute Gasteiger partial charge is 0.243 e. The lowest BCUT2D eigenvalue weighted by Crippen LogP contribution is -2.29. The molecule has 0 aromatic rings. The minimum Gasteiger partial charge on any atom is -0.489 e. The van der Waals surface area contributed by atoms with Crippen molar-refractivity contribution in [3.8, 4) is 0 Å². The van der Waals surface area contributed by atoms with Gasteiger partial charge in [-0.05, 0) is 25.0 Å². The van der Waals surface area contributed by atoms with E-state index >= 15 is 0 Å². The number of ether oxygens (including phenoxy) is 1. The van der Waals surface area contributed by atoms with E-state index in [4.69, 9.17) is 12.6 Å². The fourth-order valence-electron chi connectivity index (χ4n) is 1.98. The van der Waals surface area contributed by atoms with E-state index < -0.39 is 0 Å². The van der Waals surface area contributed by atoms with Crippen molar-refractivity contribution >= 4 is 7.85 Å². The normalized spacial score (nSPS) is 16.9. The third-order valence-corrected chi connectivity index (χ3v) is 3.12. The van der Waals surface area contributed by atoms with Gasteiger partial charge in [-0.2, -0.15) is 0 Å². The maximum absolute atomic E-state index is 10.5. The first kappa shape index (κ1) is 17.1. The van der Waals surface area contributed by atoms with Crippen LogP contribution in [0.25, 0.3) is 0 Å². The molecule has 1 aliphatic heterocycles. The number of hydrogen-bond acceptors (Lipinski definition) is 4. The fourth-order valence-corrected chi connectivity index (χ4v) is 1.98. The summed E-state index contributed by atoms with van der Waals surface area (Å²) in [4.78, 5) is 12.0. The van der Waals surface area contributed by atoms with E-state index in [1.54, 1.807) is 18.2 Å². The molecule has 0 bridgehead atoms. The molecule has 5 nitrogen and oxygen atoms in total. The average molecular weight is 288 g/mol. The maximum atomic E-state index is 10.5. The lowest BCUT2D eigenvalue weighted by atomic mass is 9.96. The van der Waals surface area contributed by atoms with Crippen LogP contribution in [0, 0.1) is 10.1 Å². The third kappa shape index (κ3) is 6.34. The number of nitro groups is 1. The molecule has 0 amide bonds. The lowest BCUT2D eigenvalue weighted by Gasteiger charge is -2.27. The van der Waals surface area contributed by atoms with Gasteiger partial charge in [-0.1, -0.05) is 25.7 Å². The molecule has 0 saturated heterocycles. The summed E-state index contributed by atoms with van der Waals surface area (Å²) in [6.45, 7) is 5.98. The van der Waals surface area contributed by atoms with Gasteiger partial charge in [0.1, 0.15) is 19.7 Å². The summed E-state index contributed by atoms with van der Waals surface area (Å²) in [5, 5.41) is 10.5. The third-order valence-electron chi connectivity index (χ3n) is 3.12. The molecule has 1 unspecified atom stereocenters. The van der Waals surface area contributed by atoms with E-state index in [0.717, 1.165) is 24.1 Å². The second kappa shape index (κ2) is 8.34. The first-order chi connectivity index (χ1) is 9.92. The van der Waals surface area contributed by atoms with Crippen LogP contribution in [-0.4, -0.2) is 43.9 Å². The first-order valence-corrected chi connectivity index (χ1v) is 6.86. The van der Waals surface area contributed by atoms with Crippen molar-refractivity contribution < 1.29 is 9.66 Å². The van der Waals surface area contributed by atoms with Gasteiger partial charge >= 0.3 is 0 Å². The van der Waals surface area contributed by atoms with Crippen LogP contribution in [-0.2, 0) is 4.74 Å². The summed E-state index contributed by atoms with van der Waals surface area (Å²) >= 11 is 0. The van der Waals surface area contributed by atoms with E-state index in [0.29, 0.717) is 12.2 Å². The molecule has 1 rings (SSSR count). The van der Waals surface area contributed by atoms with Crippen LogP contribution < -0.4 is 0 Å². The Labute approximate surface area is 127 Å². The molecule has 1 heterocycles. The van der Waals surface area contributed by atoms with Crippen LogP contribution in [0.2, 0.25) is 0 Å². The van der Waals surface area contributed by atoms with Gasteiger partial charge in [0, 0.05) is 12.0 Å². The van der Waals surface area contributed by atoms with Gasteiger partial charge in [0.25, 0.3) is 0 Å². The molecule has 0 N–H and O–H groups in total. The molecule has 0 aromatic heterocycles. The summed E-state index contributed by atoms with van der Waals surface area (Å²) in [5.74, 6) is 0.781. The standard InChI is InChI=1S/C15H21BN2O3/c1-4-14(7-5-6-12(2)16)21-15-9-8-13(10-18(19)20)17(3)11-15/h4,6,8-9,14H,1,5,7,10-11H2,2-3H3/b12-6+. The molecular weight excluding hydrogens is 267 g/mol. The summed E-state index contributed by atoms with van der Waals surface area (Å²) in [6, 6.07) is 0. The Bertz CT molecular complexity index is 479. The SMILES string of the molecule is [B]/C(C)=C/CCC(C=C)OC1=CC=C(C[N+](=O)[O-])N(C)C1. The summed E-state index contributed by atoms with van der Waals surface area (Å²) in [5.41, 5.74) is 1.46. The van der Waals surface area contributed by atoms with Crippen LogP contribution in [0.4, 0.5) is 0 Å². The molecule has 0 saturated carbocycles. The second-order valence-electron chi connectivity index (χ2n) is 5.06. The van der Waals surface area contributed by atoms with Crippen molar-refractivity contribution in [2.24, 2.45) is 0 Å². The fraction of sp³-hybridized carbons (Fsp3) is 0.467. The zero-order chi connectivity index (χ0) is 15.8. The summed E-state index contributed by atoms with van der Waals surface area (Å²) in [6.07, 6.45) is 8.76. The molecule has 2 radical (unpaired) electrons. The summed E-state index contributed by atoms with van der Waals surface area (Å²) < 4.78 is 5.86. The molecule has 6 heteroatoms. The van der Waals surface area contributed by atoms with Crippen LogP contribution in [0.5, 0.6) is 0 Å². The van der Waals surface area contributed by atoms with Crippen molar-refractivity contribution in [3.63, 3.8) is 0 Å². The predicted octanol–water partition coefficient (Wildman–Crippen LogP) is 2.40. The highest BCUT2D eigenvalue weighted by molar-refractivity contribution is 6.21. The Morgan fingerprint density at radius 3 is 2.90 bits per heavy atom. The van der Waals surface area contributed by atoms with Crippen molar-refractivity contribution in [1.29, 1.82) is 0 Å². The van der Waals surface area contributed by atoms with E-state index in [9.17, 15) is 10.1 Å². The van der Waals surface area contributed by atoms with Crippen LogP contribution >= 0.6 is 0 Å². The molecule has 0 aliphatic carbocycles. The van der Waals surface area contributed by atoms with Crippen molar-refractivity contribution in [1.82, 2.24) is 4.90 Å². The van der Waals surface area contributed by atoms with Gasteiger partial charge in [0.2, 0.25) is 6.54 Å². The average Bonchev–Trinajstić information content (AvgIpc) is 2.40. The number of nitrogens with zero attached hydrogens (tertiary/aromatic N) is 2. The molecule has 0 spiro atoms. The Morgan fingerprint density at radius 2 is 2.38 bits per heavy atom. The van der Waals surface area contributed by atoms with Gasteiger partial charge in [0.05, 0.1) is 12.2 Å². The van der Waals surface area contributed by atoms with Gasteiger partial charge in [-0.3, -0.25) is 10.1 Å². The number of hydrogen-bond donors (Lipinski definition) is 0. The topological polar surface area (TPSA) is 55.6 Å². The number of likely N-dealkylation sites (N-methyl/N-ethyl adjacent to an activating group) is 1. The Hall–Kier alpha value is -1.98. The van der Waals surface area contributed by atoms with Crippen LogP contribution in [0.1, 0.15) is 19.8 Å². The van der Waals surface area contributed by atoms with Gasteiger partial charge in [0.15, 0.2) is 0 Å². The van der Waals surface area contributed by atoms with E-state index in [1.807, 2.05) is 24.9 Å². The minimum absolute atomic E-state index is 0.0919. The second-order valence-corrected chi connectivity index (χ2v) is 5.06. The van der Waals surface area contributed by atoms with E-state index in [2.05, 4.69) is 6.58 Å². The quantitative estimate of drug-likeness (QED) is 0.298. The zero-order valence-corrected chi connectivity index (χ0v) is 12.6. The largest absolute Gasteiger partial charge is 0.489 e. The Morgan fingerprint density at radius 1 is 1.67 bits per heavy atom. The molecule has 1 aliphatic rings. The highest BCUT2D eigenvalue weighted by Gasteiger charge is 2.18. The molecule has 112 valence electrons. The van der Waals surface area contributed by atoms with Crippen LogP contribution in [0.3, 0.4) is 0 Å². The minimum atomic E-state index is -0.337. The first-order valence-electron chi connectivity index (χ1n) is 6.86. The monoisotopic (exact) mass is 288 g/mol. The Kier molecular flexibility index (Phi) is 6.78. The molecule has 0 fully saturated rings. The summed E-state index contributed by atoms with van der Waals surface area (Å²) in [7, 11) is 7.41. The number of allylic oxidation sites excluding steroid dienone is 4. The lowest BCUT2D eigenvalue weighted by molar-refractivity contribution is -0.473.